The first-order chi connectivity index (χ1) is 12.0. The number of carbonyl (C=O) groups excluding carboxylic acids is 2. The van der Waals surface area contributed by atoms with Crippen LogP contribution in [-0.2, 0) is 16.0 Å². The van der Waals surface area contributed by atoms with E-state index in [0.29, 0.717) is 35.1 Å². The molecule has 1 aromatic carbocycles. The first-order valence-electron chi connectivity index (χ1n) is 7.86. The number of aryl methyl sites for hydroxylation is 2. The summed E-state index contributed by atoms with van der Waals surface area (Å²) in [6, 6.07) is 5.02. The molecular weight excluding hydrogens is 328 g/mol. The maximum atomic E-state index is 12.3. The molecule has 132 valence electrons. The number of nitrogens with one attached hydrogen (secondary N) is 1. The summed E-state index contributed by atoms with van der Waals surface area (Å²) in [4.78, 5) is 24.5. The summed E-state index contributed by atoms with van der Waals surface area (Å²) in [7, 11) is 0. The molecule has 0 aliphatic carbocycles. The van der Waals surface area contributed by atoms with E-state index >= 15 is 0 Å². The highest BCUT2D eigenvalue weighted by Crippen LogP contribution is 2.34. The molecule has 1 N–H and O–H groups in total. The number of nitrogens with zero attached hydrogens (tertiary/aromatic N) is 1. The highest BCUT2D eigenvalue weighted by molar-refractivity contribution is 5.98. The number of carbonyl (C=O) groups is 2. The van der Waals surface area contributed by atoms with Crippen molar-refractivity contribution in [1.29, 1.82) is 0 Å². The van der Waals surface area contributed by atoms with Crippen molar-refractivity contribution in [2.75, 3.05) is 12.1 Å². The monoisotopic (exact) mass is 346 g/mol. The summed E-state index contributed by atoms with van der Waals surface area (Å²) in [5.74, 6) is 0.441. The Bertz CT molecular complexity index is 813. The van der Waals surface area contributed by atoms with E-state index in [9.17, 15) is 9.59 Å². The molecule has 0 radical (unpaired) electrons. The summed E-state index contributed by atoms with van der Waals surface area (Å²) in [5, 5.41) is 6.48. The second-order valence-electron chi connectivity index (χ2n) is 5.52. The number of hydrogen-bond donors (Lipinski definition) is 1. The number of anilines is 1. The Morgan fingerprint density at radius 3 is 2.84 bits per heavy atom. The normalized spacial score (nSPS) is 13.4. The third-order valence-corrected chi connectivity index (χ3v) is 3.77. The quantitative estimate of drug-likeness (QED) is 0.830. The molecule has 0 saturated heterocycles. The number of rotatable bonds is 5. The number of aromatic nitrogens is 1. The fraction of sp³-hybridized carbons (Fsp3) is 0.353. The van der Waals surface area contributed by atoms with Gasteiger partial charge in [0.05, 0.1) is 5.69 Å². The molecule has 2 heterocycles. The van der Waals surface area contributed by atoms with E-state index < -0.39 is 18.0 Å². The average Bonchev–Trinajstić information content (AvgIpc) is 3.20. The van der Waals surface area contributed by atoms with Gasteiger partial charge in [0.2, 0.25) is 6.79 Å². The van der Waals surface area contributed by atoms with Crippen molar-refractivity contribution in [2.24, 2.45) is 0 Å². The molecule has 2 aromatic rings. The third kappa shape index (κ3) is 3.42. The van der Waals surface area contributed by atoms with Gasteiger partial charge < -0.3 is 24.1 Å². The highest BCUT2D eigenvalue weighted by Gasteiger charge is 2.25. The van der Waals surface area contributed by atoms with Crippen LogP contribution in [0, 0.1) is 6.92 Å². The lowest BCUT2D eigenvalue weighted by Crippen LogP contribution is -2.30. The highest BCUT2D eigenvalue weighted by atomic mass is 16.7. The number of ether oxygens (including phenoxy) is 3. The lowest BCUT2D eigenvalue weighted by atomic mass is 10.1. The van der Waals surface area contributed by atoms with Crippen molar-refractivity contribution >= 4 is 17.6 Å². The molecule has 0 bridgehead atoms. The molecule has 8 heteroatoms. The predicted octanol–water partition coefficient (Wildman–Crippen LogP) is 2.46. The van der Waals surface area contributed by atoms with Crippen LogP contribution in [0.5, 0.6) is 11.5 Å². The van der Waals surface area contributed by atoms with Gasteiger partial charge in [-0.25, -0.2) is 4.79 Å². The van der Waals surface area contributed by atoms with E-state index in [4.69, 9.17) is 18.7 Å². The van der Waals surface area contributed by atoms with Crippen LogP contribution in [0.4, 0.5) is 5.69 Å². The van der Waals surface area contributed by atoms with Gasteiger partial charge in [-0.05, 0) is 32.4 Å². The van der Waals surface area contributed by atoms with Crippen molar-refractivity contribution in [2.45, 2.75) is 33.3 Å². The van der Waals surface area contributed by atoms with Crippen LogP contribution in [0.3, 0.4) is 0 Å². The van der Waals surface area contributed by atoms with Crippen LogP contribution < -0.4 is 14.8 Å². The molecule has 1 aliphatic heterocycles. The second-order valence-corrected chi connectivity index (χ2v) is 5.52. The predicted molar refractivity (Wildman–Crippen MR) is 86.7 cm³/mol. The first kappa shape index (κ1) is 16.8. The number of hydrogen-bond acceptors (Lipinski definition) is 7. The molecule has 0 fully saturated rings. The molecule has 8 nitrogen and oxygen atoms in total. The number of benzene rings is 1. The van der Waals surface area contributed by atoms with Crippen molar-refractivity contribution in [3.8, 4) is 11.5 Å². The van der Waals surface area contributed by atoms with Gasteiger partial charge >= 0.3 is 5.97 Å². The molecule has 1 aliphatic rings. The second kappa shape index (κ2) is 6.84. The van der Waals surface area contributed by atoms with E-state index in [1.54, 1.807) is 25.1 Å². The molecule has 0 saturated carbocycles. The number of fused-ring (bicyclic) bond motifs is 1. The van der Waals surface area contributed by atoms with Crippen molar-refractivity contribution < 1.29 is 28.3 Å². The Balaban J connectivity index is 1.64. The first-order valence-corrected chi connectivity index (χ1v) is 7.86. The zero-order valence-electron chi connectivity index (χ0n) is 14.1. The van der Waals surface area contributed by atoms with Gasteiger partial charge in [0.15, 0.2) is 17.6 Å². The summed E-state index contributed by atoms with van der Waals surface area (Å²) in [6.07, 6.45) is -0.462. The van der Waals surface area contributed by atoms with Gasteiger partial charge in [0, 0.05) is 11.8 Å². The van der Waals surface area contributed by atoms with E-state index in [1.165, 1.54) is 6.92 Å². The Hall–Kier alpha value is -3.03. The zero-order valence-corrected chi connectivity index (χ0v) is 14.1. The van der Waals surface area contributed by atoms with E-state index in [0.717, 1.165) is 0 Å². The molecule has 25 heavy (non-hydrogen) atoms. The minimum atomic E-state index is -0.989. The lowest BCUT2D eigenvalue weighted by molar-refractivity contribution is -0.123. The van der Waals surface area contributed by atoms with Crippen LogP contribution in [-0.4, -0.2) is 29.9 Å². The van der Waals surface area contributed by atoms with Crippen molar-refractivity contribution in [1.82, 2.24) is 5.16 Å². The van der Waals surface area contributed by atoms with E-state index in [2.05, 4.69) is 10.5 Å². The van der Waals surface area contributed by atoms with Crippen LogP contribution >= 0.6 is 0 Å². The van der Waals surface area contributed by atoms with Crippen molar-refractivity contribution in [3.05, 3.63) is 35.2 Å². The molecular formula is C17H18N2O6. The zero-order chi connectivity index (χ0) is 18.0. The Labute approximate surface area is 144 Å². The van der Waals surface area contributed by atoms with Crippen LogP contribution in [0.15, 0.2) is 22.7 Å². The van der Waals surface area contributed by atoms with Crippen LogP contribution in [0.2, 0.25) is 0 Å². The van der Waals surface area contributed by atoms with Gasteiger partial charge in [-0.3, -0.25) is 4.79 Å². The van der Waals surface area contributed by atoms with Crippen LogP contribution in [0.25, 0.3) is 0 Å². The smallest absolute Gasteiger partial charge is 0.344 e. The summed E-state index contributed by atoms with van der Waals surface area (Å²) in [6.45, 7) is 5.12. The molecule has 1 aromatic heterocycles. The maximum Gasteiger partial charge on any atom is 0.344 e. The average molecular weight is 346 g/mol. The molecule has 1 amide bonds. The maximum absolute atomic E-state index is 12.3. The minimum Gasteiger partial charge on any atom is -0.454 e. The standard InChI is InChI=1S/C17H18N2O6/c1-4-12-15(9(2)25-19-12)17(21)24-10(3)16(20)18-11-5-6-13-14(7-11)23-8-22-13/h5-7,10H,4,8H2,1-3H3,(H,18,20). The Morgan fingerprint density at radius 1 is 1.32 bits per heavy atom. The molecule has 0 spiro atoms. The molecule has 1 unspecified atom stereocenters. The minimum absolute atomic E-state index is 0.151. The number of esters is 1. The Morgan fingerprint density at radius 2 is 2.08 bits per heavy atom. The van der Waals surface area contributed by atoms with E-state index in [1.807, 2.05) is 6.92 Å². The number of amides is 1. The Kier molecular flexibility index (Phi) is 4.60. The van der Waals surface area contributed by atoms with Crippen LogP contribution in [0.1, 0.15) is 35.7 Å². The third-order valence-electron chi connectivity index (χ3n) is 3.77. The van der Waals surface area contributed by atoms with E-state index in [-0.39, 0.29) is 12.4 Å². The lowest BCUT2D eigenvalue weighted by Gasteiger charge is -2.13. The largest absolute Gasteiger partial charge is 0.454 e. The van der Waals surface area contributed by atoms with Gasteiger partial charge in [-0.15, -0.1) is 0 Å². The fourth-order valence-electron chi connectivity index (χ4n) is 2.41. The fourth-order valence-corrected chi connectivity index (χ4v) is 2.41. The summed E-state index contributed by atoms with van der Waals surface area (Å²) >= 11 is 0. The van der Waals surface area contributed by atoms with Gasteiger partial charge in [-0.1, -0.05) is 12.1 Å². The van der Waals surface area contributed by atoms with Gasteiger partial charge in [0.25, 0.3) is 5.91 Å². The van der Waals surface area contributed by atoms with Gasteiger partial charge in [-0.2, -0.15) is 0 Å². The molecule has 1 atom stereocenters. The van der Waals surface area contributed by atoms with Gasteiger partial charge in [0.1, 0.15) is 11.3 Å². The summed E-state index contributed by atoms with van der Waals surface area (Å²) in [5.41, 5.74) is 1.30. The molecule has 3 rings (SSSR count). The summed E-state index contributed by atoms with van der Waals surface area (Å²) < 4.78 is 20.7. The topological polar surface area (TPSA) is 99.9 Å². The SMILES string of the molecule is CCc1noc(C)c1C(=O)OC(C)C(=O)Nc1ccc2c(c1)OCO2. The van der Waals surface area contributed by atoms with Crippen molar-refractivity contribution in [3.63, 3.8) is 0 Å².